The molecule has 0 saturated carbocycles. The van der Waals surface area contributed by atoms with Crippen LogP contribution >= 0.6 is 0 Å². The van der Waals surface area contributed by atoms with E-state index in [9.17, 15) is 5.11 Å². The highest BCUT2D eigenvalue weighted by atomic mass is 16.3. The van der Waals surface area contributed by atoms with Crippen LogP contribution in [-0.2, 0) is 5.60 Å². The molecule has 3 rings (SSSR count). The Morgan fingerprint density at radius 1 is 1.31 bits per heavy atom. The van der Waals surface area contributed by atoms with Gasteiger partial charge in [0.15, 0.2) is 0 Å². The van der Waals surface area contributed by atoms with Gasteiger partial charge in [0.05, 0.1) is 5.52 Å². The van der Waals surface area contributed by atoms with E-state index in [1.54, 1.807) is 0 Å². The zero-order valence-electron chi connectivity index (χ0n) is 9.20. The van der Waals surface area contributed by atoms with Gasteiger partial charge in [0, 0.05) is 24.2 Å². The van der Waals surface area contributed by atoms with Crippen molar-refractivity contribution in [1.82, 2.24) is 10.3 Å². The summed E-state index contributed by atoms with van der Waals surface area (Å²) < 4.78 is 0. The van der Waals surface area contributed by atoms with Crippen molar-refractivity contribution < 1.29 is 5.11 Å². The fourth-order valence-corrected chi connectivity index (χ4v) is 2.25. The first-order valence-electron chi connectivity index (χ1n) is 5.49. The summed E-state index contributed by atoms with van der Waals surface area (Å²) in [6.07, 6.45) is 0. The van der Waals surface area contributed by atoms with Crippen LogP contribution in [0.15, 0.2) is 30.3 Å². The topological polar surface area (TPSA) is 45.1 Å². The van der Waals surface area contributed by atoms with Gasteiger partial charge < -0.3 is 10.4 Å². The van der Waals surface area contributed by atoms with Crippen molar-refractivity contribution in [3.63, 3.8) is 0 Å². The Bertz CT molecular complexity index is 547. The maximum atomic E-state index is 10.4. The lowest BCUT2D eigenvalue weighted by molar-refractivity contribution is -0.0133. The van der Waals surface area contributed by atoms with E-state index in [1.807, 2.05) is 37.3 Å². The van der Waals surface area contributed by atoms with E-state index >= 15 is 0 Å². The molecule has 16 heavy (non-hydrogen) atoms. The summed E-state index contributed by atoms with van der Waals surface area (Å²) in [7, 11) is 0. The SMILES string of the molecule is Cc1cc(C2(O)CNC2)c2ccccc2n1. The van der Waals surface area contributed by atoms with E-state index in [-0.39, 0.29) is 0 Å². The highest BCUT2D eigenvalue weighted by Gasteiger charge is 2.37. The molecule has 82 valence electrons. The number of aryl methyl sites for hydroxylation is 1. The molecule has 1 aliphatic heterocycles. The van der Waals surface area contributed by atoms with Crippen LogP contribution in [0.3, 0.4) is 0 Å². The number of hydrogen-bond acceptors (Lipinski definition) is 3. The number of nitrogens with one attached hydrogen (secondary N) is 1. The average Bonchev–Trinajstić information content (AvgIpc) is 2.24. The number of aliphatic hydroxyl groups is 1. The van der Waals surface area contributed by atoms with Crippen LogP contribution in [-0.4, -0.2) is 23.2 Å². The number of pyridine rings is 1. The third kappa shape index (κ3) is 1.32. The predicted octanol–water partition coefficient (Wildman–Crippen LogP) is 1.33. The molecule has 0 bridgehead atoms. The normalized spacial score (nSPS) is 18.4. The molecule has 0 atom stereocenters. The van der Waals surface area contributed by atoms with Crippen LogP contribution in [0.25, 0.3) is 10.9 Å². The summed E-state index contributed by atoms with van der Waals surface area (Å²) in [6, 6.07) is 9.96. The molecular weight excluding hydrogens is 200 g/mol. The molecule has 0 unspecified atom stereocenters. The summed E-state index contributed by atoms with van der Waals surface area (Å²) in [5, 5.41) is 14.6. The number of hydrogen-bond donors (Lipinski definition) is 2. The van der Waals surface area contributed by atoms with Crippen LogP contribution in [0.2, 0.25) is 0 Å². The Balaban J connectivity index is 2.30. The summed E-state index contributed by atoms with van der Waals surface area (Å²) in [5.41, 5.74) is 2.19. The smallest absolute Gasteiger partial charge is 0.115 e. The minimum atomic E-state index is -0.715. The number of fused-ring (bicyclic) bond motifs is 1. The second-order valence-corrected chi connectivity index (χ2v) is 4.46. The second kappa shape index (κ2) is 3.27. The molecule has 2 heterocycles. The fourth-order valence-electron chi connectivity index (χ4n) is 2.25. The third-order valence-corrected chi connectivity index (χ3v) is 3.18. The Morgan fingerprint density at radius 3 is 2.75 bits per heavy atom. The van der Waals surface area contributed by atoms with Crippen LogP contribution in [0, 0.1) is 6.92 Å². The van der Waals surface area contributed by atoms with Crippen LogP contribution in [0.1, 0.15) is 11.3 Å². The second-order valence-electron chi connectivity index (χ2n) is 4.46. The molecule has 1 saturated heterocycles. The predicted molar refractivity (Wildman–Crippen MR) is 63.2 cm³/mol. The highest BCUT2D eigenvalue weighted by molar-refractivity contribution is 5.83. The van der Waals surface area contributed by atoms with E-state index in [1.165, 1.54) is 0 Å². The molecule has 3 heteroatoms. The van der Waals surface area contributed by atoms with Gasteiger partial charge in [0.2, 0.25) is 0 Å². The number of nitrogens with zero attached hydrogens (tertiary/aromatic N) is 1. The van der Waals surface area contributed by atoms with Gasteiger partial charge >= 0.3 is 0 Å². The molecule has 0 amide bonds. The first-order chi connectivity index (χ1) is 7.69. The quantitative estimate of drug-likeness (QED) is 0.753. The number of rotatable bonds is 1. The van der Waals surface area contributed by atoms with Crippen molar-refractivity contribution >= 4 is 10.9 Å². The Labute approximate surface area is 94.1 Å². The van der Waals surface area contributed by atoms with Crippen LogP contribution in [0.5, 0.6) is 0 Å². The van der Waals surface area contributed by atoms with E-state index in [0.29, 0.717) is 13.1 Å². The minimum Gasteiger partial charge on any atom is -0.382 e. The van der Waals surface area contributed by atoms with Crippen molar-refractivity contribution in [2.24, 2.45) is 0 Å². The molecule has 1 aromatic heterocycles. The highest BCUT2D eigenvalue weighted by Crippen LogP contribution is 2.31. The molecule has 2 aromatic rings. The van der Waals surface area contributed by atoms with Gasteiger partial charge in [-0.25, -0.2) is 0 Å². The number of β-amino-alcohol motifs (C(OH)–C–C–N with tert-alkyl or cyclic N) is 1. The van der Waals surface area contributed by atoms with Crippen molar-refractivity contribution in [2.45, 2.75) is 12.5 Å². The lowest BCUT2D eigenvalue weighted by Crippen LogP contribution is -2.56. The monoisotopic (exact) mass is 214 g/mol. The molecule has 1 fully saturated rings. The molecule has 1 aromatic carbocycles. The largest absolute Gasteiger partial charge is 0.382 e. The van der Waals surface area contributed by atoms with Gasteiger partial charge in [-0.3, -0.25) is 4.98 Å². The summed E-state index contributed by atoms with van der Waals surface area (Å²) in [5.74, 6) is 0. The van der Waals surface area contributed by atoms with Gasteiger partial charge in [-0.05, 0) is 24.6 Å². The molecule has 0 radical (unpaired) electrons. The van der Waals surface area contributed by atoms with Crippen LogP contribution in [0.4, 0.5) is 0 Å². The molecule has 1 aliphatic rings. The standard InChI is InChI=1S/C13H14N2O/c1-9-6-11(13(16)7-14-8-13)10-4-2-3-5-12(10)15-9/h2-6,14,16H,7-8H2,1H3. The molecular formula is C13H14N2O. The summed E-state index contributed by atoms with van der Waals surface area (Å²) >= 11 is 0. The molecule has 3 nitrogen and oxygen atoms in total. The van der Waals surface area contributed by atoms with Crippen molar-refractivity contribution in [3.05, 3.63) is 41.6 Å². The van der Waals surface area contributed by atoms with Crippen molar-refractivity contribution in [3.8, 4) is 0 Å². The number of para-hydroxylation sites is 1. The lowest BCUT2D eigenvalue weighted by atomic mass is 9.85. The lowest BCUT2D eigenvalue weighted by Gasteiger charge is -2.38. The van der Waals surface area contributed by atoms with E-state index in [0.717, 1.165) is 22.2 Å². The maximum Gasteiger partial charge on any atom is 0.115 e. The van der Waals surface area contributed by atoms with E-state index in [2.05, 4.69) is 10.3 Å². The van der Waals surface area contributed by atoms with Crippen molar-refractivity contribution in [2.75, 3.05) is 13.1 Å². The molecule has 0 spiro atoms. The Morgan fingerprint density at radius 2 is 2.06 bits per heavy atom. The van der Waals surface area contributed by atoms with Gasteiger partial charge in [-0.15, -0.1) is 0 Å². The summed E-state index contributed by atoms with van der Waals surface area (Å²) in [4.78, 5) is 4.48. The zero-order chi connectivity index (χ0) is 11.2. The molecule has 2 N–H and O–H groups in total. The zero-order valence-corrected chi connectivity index (χ0v) is 9.20. The third-order valence-electron chi connectivity index (χ3n) is 3.18. The summed E-state index contributed by atoms with van der Waals surface area (Å²) in [6.45, 7) is 3.21. The minimum absolute atomic E-state index is 0.625. The van der Waals surface area contributed by atoms with E-state index < -0.39 is 5.60 Å². The average molecular weight is 214 g/mol. The van der Waals surface area contributed by atoms with Gasteiger partial charge in [-0.1, -0.05) is 18.2 Å². The Kier molecular flexibility index (Phi) is 1.99. The van der Waals surface area contributed by atoms with Gasteiger partial charge in [0.1, 0.15) is 5.60 Å². The Hall–Kier alpha value is -1.45. The van der Waals surface area contributed by atoms with Crippen LogP contribution < -0.4 is 5.32 Å². The first kappa shape index (κ1) is 9.75. The van der Waals surface area contributed by atoms with Gasteiger partial charge in [0.25, 0.3) is 0 Å². The van der Waals surface area contributed by atoms with E-state index in [4.69, 9.17) is 0 Å². The first-order valence-corrected chi connectivity index (χ1v) is 5.49. The van der Waals surface area contributed by atoms with Gasteiger partial charge in [-0.2, -0.15) is 0 Å². The maximum absolute atomic E-state index is 10.4. The number of benzene rings is 1. The molecule has 0 aliphatic carbocycles. The fraction of sp³-hybridized carbons (Fsp3) is 0.308. The number of aromatic nitrogens is 1. The van der Waals surface area contributed by atoms with Crippen molar-refractivity contribution in [1.29, 1.82) is 0 Å².